The molecule has 0 spiro atoms. The van der Waals surface area contributed by atoms with Crippen LogP contribution in [0.15, 0.2) is 6.07 Å². The van der Waals surface area contributed by atoms with Gasteiger partial charge in [0.05, 0.1) is 7.11 Å². The molecule has 0 unspecified atom stereocenters. The lowest BCUT2D eigenvalue weighted by molar-refractivity contribution is -0.155. The molecular formula is C14H19NO4. The van der Waals surface area contributed by atoms with E-state index in [-0.39, 0.29) is 6.54 Å². The average molecular weight is 265 g/mol. The molecule has 1 aromatic rings. The zero-order valence-electron chi connectivity index (χ0n) is 11.9. The van der Waals surface area contributed by atoms with E-state index >= 15 is 0 Å². The van der Waals surface area contributed by atoms with E-state index in [0.717, 1.165) is 28.0 Å². The predicted molar refractivity (Wildman–Crippen MR) is 71.3 cm³/mol. The van der Waals surface area contributed by atoms with Crippen LogP contribution < -0.4 is 4.74 Å². The number of amides is 1. The lowest BCUT2D eigenvalue weighted by Crippen LogP contribution is -2.33. The number of rotatable bonds is 3. The van der Waals surface area contributed by atoms with Crippen LogP contribution in [0.1, 0.15) is 22.3 Å². The van der Waals surface area contributed by atoms with Gasteiger partial charge in [0.25, 0.3) is 0 Å². The van der Waals surface area contributed by atoms with Gasteiger partial charge in [-0.1, -0.05) is 0 Å². The third-order valence-electron chi connectivity index (χ3n) is 3.35. The second-order valence-corrected chi connectivity index (χ2v) is 4.59. The Morgan fingerprint density at radius 1 is 1.26 bits per heavy atom. The molecule has 5 heteroatoms. The van der Waals surface area contributed by atoms with E-state index in [1.807, 2.05) is 26.8 Å². The van der Waals surface area contributed by atoms with Crippen LogP contribution in [0.5, 0.6) is 5.75 Å². The summed E-state index contributed by atoms with van der Waals surface area (Å²) in [4.78, 5) is 23.2. The second-order valence-electron chi connectivity index (χ2n) is 4.59. The third kappa shape index (κ3) is 3.05. The fourth-order valence-electron chi connectivity index (χ4n) is 2.03. The maximum absolute atomic E-state index is 11.4. The number of benzene rings is 1. The number of aliphatic carboxylic acids is 1. The van der Waals surface area contributed by atoms with Crippen LogP contribution in [0.25, 0.3) is 0 Å². The Balaban J connectivity index is 3.12. The SMILES string of the molecule is COc1cc(C)c(CN(C)C(=O)C(=O)O)c(C)c1C. The Labute approximate surface area is 112 Å². The highest BCUT2D eigenvalue weighted by molar-refractivity contribution is 6.31. The molecule has 104 valence electrons. The largest absolute Gasteiger partial charge is 0.496 e. The standard InChI is InChI=1S/C14H19NO4/c1-8-6-12(19-5)10(3)9(2)11(8)7-15(4)13(16)14(17)18/h6H,7H2,1-5H3,(H,17,18). The van der Waals surface area contributed by atoms with Crippen LogP contribution >= 0.6 is 0 Å². The van der Waals surface area contributed by atoms with Gasteiger partial charge in [-0.25, -0.2) is 4.79 Å². The van der Waals surface area contributed by atoms with E-state index in [9.17, 15) is 9.59 Å². The molecule has 0 heterocycles. The summed E-state index contributed by atoms with van der Waals surface area (Å²) in [5.41, 5.74) is 3.95. The molecule has 0 fully saturated rings. The molecule has 5 nitrogen and oxygen atoms in total. The first kappa shape index (κ1) is 15.0. The molecule has 1 rings (SSSR count). The van der Waals surface area contributed by atoms with Gasteiger partial charge in [-0.05, 0) is 49.1 Å². The van der Waals surface area contributed by atoms with Gasteiger partial charge < -0.3 is 14.7 Å². The molecule has 1 amide bonds. The number of hydrogen-bond acceptors (Lipinski definition) is 3. The van der Waals surface area contributed by atoms with Crippen LogP contribution in [0, 0.1) is 20.8 Å². The molecule has 0 radical (unpaired) electrons. The number of methoxy groups -OCH3 is 1. The maximum Gasteiger partial charge on any atom is 0.394 e. The Bertz CT molecular complexity index is 523. The van der Waals surface area contributed by atoms with Crippen molar-refractivity contribution in [3.8, 4) is 5.75 Å². The van der Waals surface area contributed by atoms with Gasteiger partial charge in [0, 0.05) is 13.6 Å². The van der Waals surface area contributed by atoms with Crippen molar-refractivity contribution in [1.29, 1.82) is 0 Å². The highest BCUT2D eigenvalue weighted by Crippen LogP contribution is 2.28. The summed E-state index contributed by atoms with van der Waals surface area (Å²) < 4.78 is 5.28. The average Bonchev–Trinajstić information content (AvgIpc) is 2.37. The van der Waals surface area contributed by atoms with Gasteiger partial charge in [-0.15, -0.1) is 0 Å². The zero-order chi connectivity index (χ0) is 14.7. The smallest absolute Gasteiger partial charge is 0.394 e. The van der Waals surface area contributed by atoms with Gasteiger partial charge in [0.15, 0.2) is 0 Å². The topological polar surface area (TPSA) is 66.8 Å². The molecule has 0 aromatic heterocycles. The second kappa shape index (κ2) is 5.73. The van der Waals surface area contributed by atoms with Crippen molar-refractivity contribution in [2.45, 2.75) is 27.3 Å². The van der Waals surface area contributed by atoms with Crippen molar-refractivity contribution in [2.75, 3.05) is 14.2 Å². The van der Waals surface area contributed by atoms with Gasteiger partial charge in [0.1, 0.15) is 5.75 Å². The Hall–Kier alpha value is -2.04. The van der Waals surface area contributed by atoms with E-state index in [0.29, 0.717) is 0 Å². The fraction of sp³-hybridized carbons (Fsp3) is 0.429. The molecule has 0 bridgehead atoms. The van der Waals surface area contributed by atoms with Crippen LogP contribution in [-0.4, -0.2) is 36.0 Å². The summed E-state index contributed by atoms with van der Waals surface area (Å²) in [5.74, 6) is -1.55. The lowest BCUT2D eigenvalue weighted by Gasteiger charge is -2.20. The fourth-order valence-corrected chi connectivity index (χ4v) is 2.03. The number of likely N-dealkylation sites (N-methyl/N-ethyl adjacent to an activating group) is 1. The van der Waals surface area contributed by atoms with Crippen LogP contribution in [0.2, 0.25) is 0 Å². The summed E-state index contributed by atoms with van der Waals surface area (Å²) in [5, 5.41) is 8.69. The summed E-state index contributed by atoms with van der Waals surface area (Å²) in [7, 11) is 3.09. The number of hydrogen-bond donors (Lipinski definition) is 1. The van der Waals surface area contributed by atoms with E-state index in [2.05, 4.69) is 0 Å². The molecule has 1 N–H and O–H groups in total. The number of carboxylic acid groups (broad SMARTS) is 1. The molecule has 0 aliphatic carbocycles. The first-order chi connectivity index (χ1) is 8.79. The van der Waals surface area contributed by atoms with Crippen molar-refractivity contribution in [3.63, 3.8) is 0 Å². The van der Waals surface area contributed by atoms with Gasteiger partial charge in [0.2, 0.25) is 0 Å². The molecular weight excluding hydrogens is 246 g/mol. The molecule has 1 aromatic carbocycles. The third-order valence-corrected chi connectivity index (χ3v) is 3.35. The van der Waals surface area contributed by atoms with E-state index in [1.165, 1.54) is 11.9 Å². The lowest BCUT2D eigenvalue weighted by atomic mass is 9.97. The van der Waals surface area contributed by atoms with Gasteiger partial charge >= 0.3 is 11.9 Å². The number of ether oxygens (including phenoxy) is 1. The summed E-state index contributed by atoms with van der Waals surface area (Å²) >= 11 is 0. The summed E-state index contributed by atoms with van der Waals surface area (Å²) in [6.45, 7) is 6.08. The quantitative estimate of drug-likeness (QED) is 0.844. The van der Waals surface area contributed by atoms with Crippen molar-refractivity contribution >= 4 is 11.9 Å². The zero-order valence-corrected chi connectivity index (χ0v) is 11.9. The maximum atomic E-state index is 11.4. The van der Waals surface area contributed by atoms with E-state index < -0.39 is 11.9 Å². The first-order valence-corrected chi connectivity index (χ1v) is 5.91. The number of aryl methyl sites for hydroxylation is 1. The minimum Gasteiger partial charge on any atom is -0.496 e. The van der Waals surface area contributed by atoms with E-state index in [4.69, 9.17) is 9.84 Å². The number of carboxylic acids is 1. The van der Waals surface area contributed by atoms with Crippen molar-refractivity contribution in [3.05, 3.63) is 28.3 Å². The van der Waals surface area contributed by atoms with Crippen molar-refractivity contribution < 1.29 is 19.4 Å². The van der Waals surface area contributed by atoms with Crippen molar-refractivity contribution in [2.24, 2.45) is 0 Å². The highest BCUT2D eigenvalue weighted by atomic mass is 16.5. The Morgan fingerprint density at radius 2 is 1.84 bits per heavy atom. The molecule has 0 atom stereocenters. The highest BCUT2D eigenvalue weighted by Gasteiger charge is 2.19. The minimum atomic E-state index is -1.44. The minimum absolute atomic E-state index is 0.271. The number of carbonyl (C=O) groups excluding carboxylic acids is 1. The molecule has 0 aliphatic rings. The molecule has 19 heavy (non-hydrogen) atoms. The predicted octanol–water partition coefficient (Wildman–Crippen LogP) is 1.66. The van der Waals surface area contributed by atoms with Gasteiger partial charge in [-0.2, -0.15) is 0 Å². The normalized spacial score (nSPS) is 10.2. The number of carbonyl (C=O) groups is 2. The molecule has 0 saturated heterocycles. The monoisotopic (exact) mass is 265 g/mol. The Kier molecular flexibility index (Phi) is 4.53. The first-order valence-electron chi connectivity index (χ1n) is 5.91. The molecule has 0 aliphatic heterocycles. The van der Waals surface area contributed by atoms with Crippen molar-refractivity contribution in [1.82, 2.24) is 4.90 Å². The van der Waals surface area contributed by atoms with Crippen LogP contribution in [0.3, 0.4) is 0 Å². The summed E-state index contributed by atoms with van der Waals surface area (Å²) in [6, 6.07) is 1.90. The summed E-state index contributed by atoms with van der Waals surface area (Å²) in [6.07, 6.45) is 0. The molecule has 0 saturated carbocycles. The number of nitrogens with zero attached hydrogens (tertiary/aromatic N) is 1. The van der Waals surface area contributed by atoms with Crippen LogP contribution in [0.4, 0.5) is 0 Å². The Morgan fingerprint density at radius 3 is 2.32 bits per heavy atom. The van der Waals surface area contributed by atoms with E-state index in [1.54, 1.807) is 7.11 Å². The van der Waals surface area contributed by atoms with Crippen LogP contribution in [-0.2, 0) is 16.1 Å². The van der Waals surface area contributed by atoms with Gasteiger partial charge in [-0.3, -0.25) is 4.79 Å².